The lowest BCUT2D eigenvalue weighted by Crippen LogP contribution is -2.31. The van der Waals surface area contributed by atoms with Crippen molar-refractivity contribution >= 4 is 5.91 Å². The highest BCUT2D eigenvalue weighted by atomic mass is 16.1. The summed E-state index contributed by atoms with van der Waals surface area (Å²) < 4.78 is 0. The third-order valence-electron chi connectivity index (χ3n) is 3.04. The highest BCUT2D eigenvalue weighted by Crippen LogP contribution is 2.16. The van der Waals surface area contributed by atoms with Gasteiger partial charge in [-0.05, 0) is 50.8 Å². The number of nitrogens with one attached hydrogen (secondary N) is 1. The monoisotopic (exact) mass is 248 g/mol. The molecule has 1 aromatic carbocycles. The Morgan fingerprint density at radius 3 is 2.33 bits per heavy atom. The van der Waals surface area contributed by atoms with E-state index in [1.165, 1.54) is 22.3 Å². The van der Waals surface area contributed by atoms with E-state index in [0.717, 1.165) is 6.42 Å². The number of hydrogen-bond donors (Lipinski definition) is 2. The zero-order valence-electron chi connectivity index (χ0n) is 11.8. The van der Waals surface area contributed by atoms with E-state index in [2.05, 4.69) is 38.2 Å². The van der Waals surface area contributed by atoms with E-state index in [1.54, 1.807) is 0 Å². The van der Waals surface area contributed by atoms with Gasteiger partial charge in [0.1, 0.15) is 0 Å². The lowest BCUT2D eigenvalue weighted by molar-refractivity contribution is -0.121. The van der Waals surface area contributed by atoms with Gasteiger partial charge in [-0.2, -0.15) is 0 Å². The molecule has 1 amide bonds. The van der Waals surface area contributed by atoms with Crippen molar-refractivity contribution in [3.05, 3.63) is 34.4 Å². The summed E-state index contributed by atoms with van der Waals surface area (Å²) in [4.78, 5) is 11.5. The van der Waals surface area contributed by atoms with Gasteiger partial charge in [0.05, 0.1) is 0 Å². The van der Waals surface area contributed by atoms with Crippen molar-refractivity contribution in [2.75, 3.05) is 6.54 Å². The van der Waals surface area contributed by atoms with Crippen molar-refractivity contribution in [1.29, 1.82) is 0 Å². The van der Waals surface area contributed by atoms with Crippen LogP contribution in [0.4, 0.5) is 0 Å². The molecule has 3 heteroatoms. The Labute approximate surface area is 110 Å². The molecule has 0 heterocycles. The van der Waals surface area contributed by atoms with E-state index in [1.807, 2.05) is 6.92 Å². The second-order valence-corrected chi connectivity index (χ2v) is 5.16. The maximum Gasteiger partial charge on any atom is 0.221 e. The van der Waals surface area contributed by atoms with Crippen LogP contribution in [0.25, 0.3) is 0 Å². The molecule has 1 atom stereocenters. The van der Waals surface area contributed by atoms with E-state index < -0.39 is 0 Å². The molecule has 0 aliphatic carbocycles. The topological polar surface area (TPSA) is 55.1 Å². The lowest BCUT2D eigenvalue weighted by Gasteiger charge is -2.12. The minimum atomic E-state index is -0.0761. The molecule has 1 unspecified atom stereocenters. The molecule has 3 N–H and O–H groups in total. The fourth-order valence-corrected chi connectivity index (χ4v) is 2.30. The van der Waals surface area contributed by atoms with E-state index in [4.69, 9.17) is 5.73 Å². The summed E-state index contributed by atoms with van der Waals surface area (Å²) in [6.07, 6.45) is 1.27. The van der Waals surface area contributed by atoms with E-state index in [0.29, 0.717) is 13.0 Å². The van der Waals surface area contributed by atoms with E-state index in [-0.39, 0.29) is 11.9 Å². The van der Waals surface area contributed by atoms with Crippen molar-refractivity contribution in [3.8, 4) is 0 Å². The van der Waals surface area contributed by atoms with Crippen LogP contribution in [0.3, 0.4) is 0 Å². The molecular weight excluding hydrogens is 224 g/mol. The molecular formula is C15H24N2O. The van der Waals surface area contributed by atoms with Crippen LogP contribution in [0.1, 0.15) is 35.6 Å². The summed E-state index contributed by atoms with van der Waals surface area (Å²) in [7, 11) is 0. The Hall–Kier alpha value is -1.35. The second-order valence-electron chi connectivity index (χ2n) is 5.16. The van der Waals surface area contributed by atoms with Gasteiger partial charge in [-0.15, -0.1) is 0 Å². The molecule has 18 heavy (non-hydrogen) atoms. The molecule has 0 saturated heterocycles. The van der Waals surface area contributed by atoms with Gasteiger partial charge in [0.25, 0.3) is 0 Å². The van der Waals surface area contributed by atoms with Gasteiger partial charge in [0, 0.05) is 19.0 Å². The number of benzene rings is 1. The van der Waals surface area contributed by atoms with Gasteiger partial charge in [0.2, 0.25) is 5.91 Å². The average molecular weight is 248 g/mol. The number of hydrogen-bond acceptors (Lipinski definition) is 2. The van der Waals surface area contributed by atoms with Crippen LogP contribution in [0.5, 0.6) is 0 Å². The number of carbonyl (C=O) groups is 1. The maximum absolute atomic E-state index is 11.5. The zero-order chi connectivity index (χ0) is 13.7. The van der Waals surface area contributed by atoms with Crippen LogP contribution in [-0.4, -0.2) is 18.5 Å². The Morgan fingerprint density at radius 2 is 1.83 bits per heavy atom. The van der Waals surface area contributed by atoms with Crippen LogP contribution in [0.15, 0.2) is 12.1 Å². The van der Waals surface area contributed by atoms with Crippen LogP contribution in [0, 0.1) is 20.8 Å². The predicted molar refractivity (Wildman–Crippen MR) is 75.6 cm³/mol. The molecule has 0 aliphatic rings. The van der Waals surface area contributed by atoms with Gasteiger partial charge in [-0.3, -0.25) is 4.79 Å². The average Bonchev–Trinajstić information content (AvgIpc) is 2.20. The summed E-state index contributed by atoms with van der Waals surface area (Å²) >= 11 is 0. The summed E-state index contributed by atoms with van der Waals surface area (Å²) in [5.74, 6) is 0.0346. The zero-order valence-corrected chi connectivity index (χ0v) is 11.8. The number of rotatable bonds is 5. The van der Waals surface area contributed by atoms with Crippen molar-refractivity contribution < 1.29 is 4.79 Å². The molecule has 3 nitrogen and oxygen atoms in total. The molecule has 0 aliphatic heterocycles. The molecule has 0 aromatic heterocycles. The smallest absolute Gasteiger partial charge is 0.221 e. The standard InChI is InChI=1S/C15H24N2O/c1-10-7-11(2)14(12(3)8-10)5-6-17-15(18)9-13(4)16/h7-8,13H,5-6,9,16H2,1-4H3,(H,17,18). The van der Waals surface area contributed by atoms with Crippen molar-refractivity contribution in [2.24, 2.45) is 5.73 Å². The minimum absolute atomic E-state index is 0.0346. The quantitative estimate of drug-likeness (QED) is 0.837. The first kappa shape index (κ1) is 14.7. The molecule has 1 aromatic rings. The molecule has 0 spiro atoms. The highest BCUT2D eigenvalue weighted by Gasteiger charge is 2.06. The Kier molecular flexibility index (Phi) is 5.35. The molecule has 1 rings (SSSR count). The van der Waals surface area contributed by atoms with Crippen LogP contribution < -0.4 is 11.1 Å². The molecule has 0 bridgehead atoms. The van der Waals surface area contributed by atoms with Gasteiger partial charge in [-0.1, -0.05) is 17.7 Å². The minimum Gasteiger partial charge on any atom is -0.356 e. The fraction of sp³-hybridized carbons (Fsp3) is 0.533. The SMILES string of the molecule is Cc1cc(C)c(CCNC(=O)CC(C)N)c(C)c1. The second kappa shape index (κ2) is 6.55. The van der Waals surface area contributed by atoms with Gasteiger partial charge >= 0.3 is 0 Å². The largest absolute Gasteiger partial charge is 0.356 e. The third-order valence-corrected chi connectivity index (χ3v) is 3.04. The predicted octanol–water partition coefficient (Wildman–Crippen LogP) is 2.01. The van der Waals surface area contributed by atoms with Crippen LogP contribution >= 0.6 is 0 Å². The Morgan fingerprint density at radius 1 is 1.28 bits per heavy atom. The van der Waals surface area contributed by atoms with E-state index >= 15 is 0 Å². The Bertz CT molecular complexity index is 401. The van der Waals surface area contributed by atoms with E-state index in [9.17, 15) is 4.79 Å². The van der Waals surface area contributed by atoms with Crippen LogP contribution in [-0.2, 0) is 11.2 Å². The lowest BCUT2D eigenvalue weighted by atomic mass is 9.97. The van der Waals surface area contributed by atoms with Crippen molar-refractivity contribution in [3.63, 3.8) is 0 Å². The fourth-order valence-electron chi connectivity index (χ4n) is 2.30. The Balaban J connectivity index is 2.52. The summed E-state index contributed by atoms with van der Waals surface area (Å²) in [6, 6.07) is 4.30. The van der Waals surface area contributed by atoms with Gasteiger partial charge < -0.3 is 11.1 Å². The third kappa shape index (κ3) is 4.49. The van der Waals surface area contributed by atoms with Gasteiger partial charge in [0.15, 0.2) is 0 Å². The summed E-state index contributed by atoms with van der Waals surface area (Å²) in [5.41, 5.74) is 10.8. The van der Waals surface area contributed by atoms with Crippen molar-refractivity contribution in [2.45, 2.75) is 46.6 Å². The number of aryl methyl sites for hydroxylation is 3. The molecule has 0 fully saturated rings. The first-order valence-electron chi connectivity index (χ1n) is 6.49. The van der Waals surface area contributed by atoms with Crippen molar-refractivity contribution in [1.82, 2.24) is 5.32 Å². The van der Waals surface area contributed by atoms with Crippen LogP contribution in [0.2, 0.25) is 0 Å². The normalized spacial score (nSPS) is 12.3. The summed E-state index contributed by atoms with van der Waals surface area (Å²) in [5, 5.41) is 2.91. The van der Waals surface area contributed by atoms with Gasteiger partial charge in [-0.25, -0.2) is 0 Å². The number of amides is 1. The molecule has 0 radical (unpaired) electrons. The first-order chi connectivity index (χ1) is 8.40. The molecule has 100 valence electrons. The summed E-state index contributed by atoms with van der Waals surface area (Å²) in [6.45, 7) is 8.87. The first-order valence-corrected chi connectivity index (χ1v) is 6.49. The highest BCUT2D eigenvalue weighted by molar-refractivity contribution is 5.76. The number of nitrogens with two attached hydrogens (primary N) is 1. The maximum atomic E-state index is 11.5. The number of carbonyl (C=O) groups excluding carboxylic acids is 1. The molecule has 0 saturated carbocycles.